The second kappa shape index (κ2) is 4.79. The third-order valence-electron chi connectivity index (χ3n) is 4.61. The standard InChI is InChI=1S/C13H20N4O3S/c1-17-10(9-5-6-9)15-16-12(17)14-11(18)13(21(2,19)20)7-3-4-8-13/h9H,3-8H2,1-2H3,(H,14,16,18). The smallest absolute Gasteiger partial charge is 0.248 e. The highest BCUT2D eigenvalue weighted by Gasteiger charge is 2.50. The number of amides is 1. The van der Waals surface area contributed by atoms with Gasteiger partial charge in [0.05, 0.1) is 0 Å². The minimum absolute atomic E-state index is 0.330. The van der Waals surface area contributed by atoms with Crippen molar-refractivity contribution in [3.8, 4) is 0 Å². The van der Waals surface area contributed by atoms with E-state index < -0.39 is 20.5 Å². The van der Waals surface area contributed by atoms with Gasteiger partial charge in [0.2, 0.25) is 11.9 Å². The number of carbonyl (C=O) groups excluding carboxylic acids is 1. The first-order valence-electron chi connectivity index (χ1n) is 7.25. The van der Waals surface area contributed by atoms with Crippen molar-refractivity contribution in [2.75, 3.05) is 11.6 Å². The molecule has 21 heavy (non-hydrogen) atoms. The van der Waals surface area contributed by atoms with Crippen LogP contribution in [0.25, 0.3) is 0 Å². The Labute approximate surface area is 124 Å². The molecule has 0 bridgehead atoms. The Kier molecular flexibility index (Phi) is 3.31. The lowest BCUT2D eigenvalue weighted by atomic mass is 10.1. The van der Waals surface area contributed by atoms with Gasteiger partial charge in [0.15, 0.2) is 14.6 Å². The first kappa shape index (κ1) is 14.5. The van der Waals surface area contributed by atoms with Crippen LogP contribution in [0.5, 0.6) is 0 Å². The molecule has 2 aliphatic carbocycles. The second-order valence-corrected chi connectivity index (χ2v) is 8.47. The van der Waals surface area contributed by atoms with Crippen molar-refractivity contribution in [2.24, 2.45) is 7.05 Å². The molecular weight excluding hydrogens is 292 g/mol. The third kappa shape index (κ3) is 2.35. The van der Waals surface area contributed by atoms with E-state index in [0.717, 1.165) is 37.8 Å². The summed E-state index contributed by atoms with van der Waals surface area (Å²) in [5.41, 5.74) is 0. The van der Waals surface area contributed by atoms with E-state index in [0.29, 0.717) is 24.7 Å². The summed E-state index contributed by atoms with van der Waals surface area (Å²) in [7, 11) is -1.67. The molecule has 3 rings (SSSR count). The van der Waals surface area contributed by atoms with Gasteiger partial charge in [0.1, 0.15) is 5.82 Å². The zero-order valence-electron chi connectivity index (χ0n) is 12.3. The van der Waals surface area contributed by atoms with E-state index in [1.54, 1.807) is 11.6 Å². The first-order valence-corrected chi connectivity index (χ1v) is 9.15. The highest BCUT2D eigenvalue weighted by molar-refractivity contribution is 7.92. The molecule has 0 aromatic carbocycles. The summed E-state index contributed by atoms with van der Waals surface area (Å²) in [6.45, 7) is 0. The highest BCUT2D eigenvalue weighted by Crippen LogP contribution is 2.40. The number of rotatable bonds is 4. The molecule has 1 N–H and O–H groups in total. The molecule has 2 fully saturated rings. The number of aromatic nitrogens is 3. The van der Waals surface area contributed by atoms with Crippen LogP contribution in [0, 0.1) is 0 Å². The van der Waals surface area contributed by atoms with Gasteiger partial charge in [0, 0.05) is 19.2 Å². The fourth-order valence-corrected chi connectivity index (χ4v) is 4.49. The van der Waals surface area contributed by atoms with Crippen LogP contribution in [0.4, 0.5) is 5.95 Å². The molecule has 7 nitrogen and oxygen atoms in total. The lowest BCUT2D eigenvalue weighted by Crippen LogP contribution is -2.47. The highest BCUT2D eigenvalue weighted by atomic mass is 32.2. The molecule has 0 saturated heterocycles. The summed E-state index contributed by atoms with van der Waals surface area (Å²) in [4.78, 5) is 12.6. The Morgan fingerprint density at radius 2 is 1.90 bits per heavy atom. The monoisotopic (exact) mass is 312 g/mol. The van der Waals surface area contributed by atoms with Crippen LogP contribution in [0.15, 0.2) is 0 Å². The first-order chi connectivity index (χ1) is 9.85. The number of hydrogen-bond acceptors (Lipinski definition) is 5. The van der Waals surface area contributed by atoms with Crippen LogP contribution >= 0.6 is 0 Å². The van der Waals surface area contributed by atoms with Crippen molar-refractivity contribution in [2.45, 2.75) is 49.2 Å². The summed E-state index contributed by atoms with van der Waals surface area (Å²) >= 11 is 0. The van der Waals surface area contributed by atoms with Gasteiger partial charge in [-0.15, -0.1) is 10.2 Å². The summed E-state index contributed by atoms with van der Waals surface area (Å²) in [6, 6.07) is 0. The van der Waals surface area contributed by atoms with E-state index in [2.05, 4.69) is 15.5 Å². The molecule has 0 spiro atoms. The third-order valence-corrected chi connectivity index (χ3v) is 6.62. The van der Waals surface area contributed by atoms with E-state index in [1.807, 2.05) is 0 Å². The molecule has 0 atom stereocenters. The SMILES string of the molecule is Cn1c(NC(=O)C2(S(C)(=O)=O)CCCC2)nnc1C1CC1. The molecule has 1 amide bonds. The Morgan fingerprint density at radius 1 is 1.29 bits per heavy atom. The van der Waals surface area contributed by atoms with Gasteiger partial charge < -0.3 is 4.57 Å². The van der Waals surface area contributed by atoms with Gasteiger partial charge in [-0.05, 0) is 25.7 Å². The van der Waals surface area contributed by atoms with Crippen LogP contribution in [0.3, 0.4) is 0 Å². The summed E-state index contributed by atoms with van der Waals surface area (Å²) in [5.74, 6) is 1.13. The van der Waals surface area contributed by atoms with Crippen LogP contribution < -0.4 is 5.32 Å². The van der Waals surface area contributed by atoms with Crippen molar-refractivity contribution >= 4 is 21.7 Å². The quantitative estimate of drug-likeness (QED) is 0.894. The molecular formula is C13H20N4O3S. The van der Waals surface area contributed by atoms with E-state index >= 15 is 0 Å². The maximum absolute atomic E-state index is 12.6. The number of carbonyl (C=O) groups is 1. The fourth-order valence-electron chi connectivity index (χ4n) is 3.07. The summed E-state index contributed by atoms with van der Waals surface area (Å²) in [5, 5.41) is 10.8. The van der Waals surface area contributed by atoms with E-state index in [-0.39, 0.29) is 0 Å². The Hall–Kier alpha value is -1.44. The Balaban J connectivity index is 1.85. The topological polar surface area (TPSA) is 94.0 Å². The molecule has 1 heterocycles. The molecule has 0 aliphatic heterocycles. The van der Waals surface area contributed by atoms with Gasteiger partial charge >= 0.3 is 0 Å². The van der Waals surface area contributed by atoms with E-state index in [1.165, 1.54) is 0 Å². The molecule has 1 aromatic rings. The van der Waals surface area contributed by atoms with Crippen molar-refractivity contribution in [1.82, 2.24) is 14.8 Å². The molecule has 2 aliphatic rings. The maximum atomic E-state index is 12.6. The van der Waals surface area contributed by atoms with E-state index in [9.17, 15) is 13.2 Å². The van der Waals surface area contributed by atoms with Crippen molar-refractivity contribution < 1.29 is 13.2 Å². The minimum Gasteiger partial charge on any atom is -0.300 e. The lowest BCUT2D eigenvalue weighted by molar-refractivity contribution is -0.118. The predicted octanol–water partition coefficient (Wildman–Crippen LogP) is 0.988. The molecule has 0 unspecified atom stereocenters. The molecule has 1 aromatic heterocycles. The number of anilines is 1. The summed E-state index contributed by atoms with van der Waals surface area (Å²) in [6.07, 6.45) is 5.60. The average Bonchev–Trinajstić information content (AvgIpc) is 2.98. The number of hydrogen-bond donors (Lipinski definition) is 1. The average molecular weight is 312 g/mol. The molecule has 2 saturated carbocycles. The Bertz CT molecular complexity index is 670. The number of nitrogens with one attached hydrogen (secondary N) is 1. The van der Waals surface area contributed by atoms with Crippen molar-refractivity contribution in [3.63, 3.8) is 0 Å². The van der Waals surface area contributed by atoms with E-state index in [4.69, 9.17) is 0 Å². The van der Waals surface area contributed by atoms with Crippen LogP contribution in [-0.4, -0.2) is 40.1 Å². The van der Waals surface area contributed by atoms with Crippen LogP contribution in [0.1, 0.15) is 50.3 Å². The normalized spacial score (nSPS) is 21.4. The number of nitrogens with zero attached hydrogens (tertiary/aromatic N) is 3. The lowest BCUT2D eigenvalue weighted by Gasteiger charge is -2.25. The summed E-state index contributed by atoms with van der Waals surface area (Å²) < 4.78 is 24.6. The molecule has 0 radical (unpaired) electrons. The van der Waals surface area contributed by atoms with Gasteiger partial charge in [-0.3, -0.25) is 10.1 Å². The second-order valence-electron chi connectivity index (χ2n) is 6.14. The zero-order valence-corrected chi connectivity index (χ0v) is 13.1. The van der Waals surface area contributed by atoms with Gasteiger partial charge in [0.25, 0.3) is 0 Å². The number of sulfone groups is 1. The molecule has 116 valence electrons. The zero-order chi connectivity index (χ0) is 15.3. The van der Waals surface area contributed by atoms with Crippen molar-refractivity contribution in [1.29, 1.82) is 0 Å². The Morgan fingerprint density at radius 3 is 2.43 bits per heavy atom. The van der Waals surface area contributed by atoms with Crippen LogP contribution in [0.2, 0.25) is 0 Å². The van der Waals surface area contributed by atoms with Crippen molar-refractivity contribution in [3.05, 3.63) is 5.82 Å². The predicted molar refractivity (Wildman–Crippen MR) is 77.7 cm³/mol. The van der Waals surface area contributed by atoms with Gasteiger partial charge in [-0.2, -0.15) is 0 Å². The largest absolute Gasteiger partial charge is 0.300 e. The van der Waals surface area contributed by atoms with Gasteiger partial charge in [-0.25, -0.2) is 8.42 Å². The van der Waals surface area contributed by atoms with Crippen LogP contribution in [-0.2, 0) is 21.7 Å². The molecule has 8 heteroatoms. The minimum atomic E-state index is -3.46. The fraction of sp³-hybridized carbons (Fsp3) is 0.769. The van der Waals surface area contributed by atoms with Gasteiger partial charge in [-0.1, -0.05) is 12.8 Å². The maximum Gasteiger partial charge on any atom is 0.248 e.